The molecule has 92 valence electrons. The number of benzene rings is 2. The van der Waals surface area contributed by atoms with Crippen LogP contribution in [0.15, 0.2) is 70.5 Å². The van der Waals surface area contributed by atoms with E-state index in [0.29, 0.717) is 9.79 Å². The van der Waals surface area contributed by atoms with Crippen LogP contribution in [-0.2, 0) is 9.84 Å². The molecule has 0 bridgehead atoms. The summed E-state index contributed by atoms with van der Waals surface area (Å²) in [5, 5.41) is 13.8. The number of aliphatic hydroxyl groups is 1. The van der Waals surface area contributed by atoms with Gasteiger partial charge < -0.3 is 5.11 Å². The van der Waals surface area contributed by atoms with Gasteiger partial charge in [-0.3, -0.25) is 0 Å². The lowest BCUT2D eigenvalue weighted by Crippen LogP contribution is -2.00. The van der Waals surface area contributed by atoms with E-state index in [1.54, 1.807) is 60.7 Å². The van der Waals surface area contributed by atoms with E-state index < -0.39 is 9.84 Å². The molecule has 0 aliphatic heterocycles. The molecule has 0 aliphatic carbocycles. The van der Waals surface area contributed by atoms with Gasteiger partial charge in [0.1, 0.15) is 0 Å². The van der Waals surface area contributed by atoms with Gasteiger partial charge in [0.25, 0.3) is 6.26 Å². The number of nitrogens with zero attached hydrogens (tertiary/aromatic N) is 1. The Morgan fingerprint density at radius 2 is 1.11 bits per heavy atom. The van der Waals surface area contributed by atoms with E-state index in [1.165, 1.54) is 0 Å². The molecule has 0 aromatic heterocycles. The zero-order valence-electron chi connectivity index (χ0n) is 9.39. The number of sulfone groups is 1. The molecule has 0 fully saturated rings. The molecule has 4 nitrogen and oxygen atoms in total. The summed E-state index contributed by atoms with van der Waals surface area (Å²) >= 11 is 0. The smallest absolute Gasteiger partial charge is 0.283 e. The minimum Gasteiger partial charge on any atom is -0.443 e. The van der Waals surface area contributed by atoms with Gasteiger partial charge in [-0.25, -0.2) is 8.42 Å². The first-order valence-corrected chi connectivity index (χ1v) is 6.49. The van der Waals surface area contributed by atoms with E-state index in [1.807, 2.05) is 0 Å². The predicted molar refractivity (Wildman–Crippen MR) is 65.9 cm³/mol. The highest BCUT2D eigenvalue weighted by molar-refractivity contribution is 7.91. The lowest BCUT2D eigenvalue weighted by Gasteiger charge is -2.03. The third-order valence-electron chi connectivity index (χ3n) is 2.11. The number of rotatable bonds is 2. The van der Waals surface area contributed by atoms with Crippen molar-refractivity contribution in [2.45, 2.75) is 9.79 Å². The monoisotopic (exact) mass is 261 g/mol. The fraction of sp³-hybridized carbons (Fsp3) is 0. The molecule has 18 heavy (non-hydrogen) atoms. The van der Waals surface area contributed by atoms with Gasteiger partial charge in [0.05, 0.1) is 9.79 Å². The van der Waals surface area contributed by atoms with E-state index in [0.717, 1.165) is 6.26 Å². The second kappa shape index (κ2) is 6.42. The summed E-state index contributed by atoms with van der Waals surface area (Å²) in [5.74, 6) is 0. The van der Waals surface area contributed by atoms with Crippen molar-refractivity contribution in [1.29, 1.82) is 5.26 Å². The molecule has 0 unspecified atom stereocenters. The van der Waals surface area contributed by atoms with Crippen LogP contribution in [0.4, 0.5) is 0 Å². The predicted octanol–water partition coefficient (Wildman–Crippen LogP) is 2.36. The summed E-state index contributed by atoms with van der Waals surface area (Å²) in [6.07, 6.45) is 0.750. The summed E-state index contributed by atoms with van der Waals surface area (Å²) in [6, 6.07) is 16.9. The van der Waals surface area contributed by atoms with Crippen molar-refractivity contribution in [2.24, 2.45) is 0 Å². The van der Waals surface area contributed by atoms with Crippen molar-refractivity contribution in [2.75, 3.05) is 0 Å². The Morgan fingerprint density at radius 3 is 1.39 bits per heavy atom. The van der Waals surface area contributed by atoms with Crippen LogP contribution in [0.3, 0.4) is 0 Å². The van der Waals surface area contributed by atoms with Crippen LogP contribution in [0.2, 0.25) is 0 Å². The molecule has 2 aromatic carbocycles. The number of aliphatic hydroxyl groups excluding tert-OH is 1. The maximum atomic E-state index is 12.0. The molecule has 0 amide bonds. The van der Waals surface area contributed by atoms with Crippen molar-refractivity contribution < 1.29 is 13.5 Å². The fourth-order valence-electron chi connectivity index (χ4n) is 1.34. The second-order valence-corrected chi connectivity index (χ2v) is 5.18. The fourth-order valence-corrected chi connectivity index (χ4v) is 2.64. The Kier molecular flexibility index (Phi) is 4.90. The largest absolute Gasteiger partial charge is 0.443 e. The average Bonchev–Trinajstić information content (AvgIpc) is 2.42. The standard InChI is InChI=1S/C12H10O2S.CHNO/c13-15(14,11-7-3-1-4-8-11)12-9-5-2-6-10-12;2-1-3/h1-10H;3H. The first-order chi connectivity index (χ1) is 8.62. The van der Waals surface area contributed by atoms with Gasteiger partial charge in [0, 0.05) is 0 Å². The third-order valence-corrected chi connectivity index (χ3v) is 3.89. The molecule has 2 aromatic rings. The van der Waals surface area contributed by atoms with Crippen LogP contribution in [0, 0.1) is 11.5 Å². The van der Waals surface area contributed by atoms with E-state index in [-0.39, 0.29) is 0 Å². The van der Waals surface area contributed by atoms with Crippen LogP contribution < -0.4 is 0 Å². The molecule has 5 heteroatoms. The van der Waals surface area contributed by atoms with Gasteiger partial charge in [-0.15, -0.1) is 0 Å². The highest BCUT2D eigenvalue weighted by Crippen LogP contribution is 2.19. The highest BCUT2D eigenvalue weighted by Gasteiger charge is 2.15. The molecule has 1 N–H and O–H groups in total. The quantitative estimate of drug-likeness (QED) is 0.842. The van der Waals surface area contributed by atoms with Crippen LogP contribution in [0.25, 0.3) is 0 Å². The molecule has 0 heterocycles. The van der Waals surface area contributed by atoms with Crippen LogP contribution in [0.5, 0.6) is 0 Å². The van der Waals surface area contributed by atoms with E-state index >= 15 is 0 Å². The highest BCUT2D eigenvalue weighted by atomic mass is 32.2. The third kappa shape index (κ3) is 3.34. The van der Waals surface area contributed by atoms with Crippen molar-refractivity contribution in [3.63, 3.8) is 0 Å². The van der Waals surface area contributed by atoms with E-state index in [9.17, 15) is 8.42 Å². The average molecular weight is 261 g/mol. The Labute approximate surface area is 106 Å². The molecule has 2 rings (SSSR count). The molecular formula is C13H11NO3S. The maximum Gasteiger partial charge on any atom is 0.283 e. The van der Waals surface area contributed by atoms with E-state index in [2.05, 4.69) is 0 Å². The van der Waals surface area contributed by atoms with Crippen molar-refractivity contribution in [3.05, 3.63) is 60.7 Å². The van der Waals surface area contributed by atoms with Gasteiger partial charge in [0.2, 0.25) is 9.84 Å². The van der Waals surface area contributed by atoms with E-state index in [4.69, 9.17) is 10.4 Å². The molecule has 0 radical (unpaired) electrons. The Bertz CT molecular complexity index is 571. The zero-order chi connectivity index (χ0) is 13.4. The number of hydrogen-bond donors (Lipinski definition) is 1. The van der Waals surface area contributed by atoms with Crippen molar-refractivity contribution in [1.82, 2.24) is 0 Å². The second-order valence-electron chi connectivity index (χ2n) is 3.23. The summed E-state index contributed by atoms with van der Waals surface area (Å²) in [5.41, 5.74) is 0. The zero-order valence-corrected chi connectivity index (χ0v) is 10.2. The summed E-state index contributed by atoms with van der Waals surface area (Å²) in [7, 11) is -3.34. The first kappa shape index (κ1) is 13.7. The van der Waals surface area contributed by atoms with Crippen LogP contribution in [0.1, 0.15) is 0 Å². The SMILES string of the molecule is N#CO.O=S(=O)(c1ccccc1)c1ccccc1. The minimum atomic E-state index is -3.34. The Hall–Kier alpha value is -2.32. The van der Waals surface area contributed by atoms with Crippen molar-refractivity contribution >= 4 is 9.84 Å². The summed E-state index contributed by atoms with van der Waals surface area (Å²) < 4.78 is 24.1. The topological polar surface area (TPSA) is 78.2 Å². The van der Waals surface area contributed by atoms with Gasteiger partial charge in [-0.1, -0.05) is 36.4 Å². The maximum absolute atomic E-state index is 12.0. The first-order valence-electron chi connectivity index (χ1n) is 5.01. The lowest BCUT2D eigenvalue weighted by atomic mass is 10.4. The van der Waals surface area contributed by atoms with Crippen molar-refractivity contribution in [3.8, 4) is 6.26 Å². The normalized spacial score (nSPS) is 9.72. The lowest BCUT2D eigenvalue weighted by molar-refractivity contribution is 0.503. The van der Waals surface area contributed by atoms with Crippen LogP contribution in [-0.4, -0.2) is 13.5 Å². The molecule has 0 atom stereocenters. The van der Waals surface area contributed by atoms with Gasteiger partial charge in [-0.2, -0.15) is 5.26 Å². The minimum absolute atomic E-state index is 0.330. The van der Waals surface area contributed by atoms with Gasteiger partial charge in [-0.05, 0) is 24.3 Å². The Morgan fingerprint density at radius 1 is 0.833 bits per heavy atom. The summed E-state index contributed by atoms with van der Waals surface area (Å²) in [6.45, 7) is 0. The summed E-state index contributed by atoms with van der Waals surface area (Å²) in [4.78, 5) is 0.660. The molecule has 0 saturated heterocycles. The van der Waals surface area contributed by atoms with Gasteiger partial charge in [0.15, 0.2) is 0 Å². The number of nitriles is 1. The van der Waals surface area contributed by atoms with Gasteiger partial charge >= 0.3 is 0 Å². The number of hydrogen-bond acceptors (Lipinski definition) is 4. The molecule has 0 spiro atoms. The molecule has 0 aliphatic rings. The molecular weight excluding hydrogens is 250 g/mol. The van der Waals surface area contributed by atoms with Crippen LogP contribution >= 0.6 is 0 Å². The Balaban J connectivity index is 0.000000492. The molecule has 0 saturated carbocycles.